The number of rotatable bonds is 4. The minimum atomic E-state index is -1.01. The lowest BCUT2D eigenvalue weighted by molar-refractivity contribution is 0.0689. The van der Waals surface area contributed by atoms with E-state index in [1.165, 1.54) is 11.3 Å². The lowest BCUT2D eigenvalue weighted by atomic mass is 10.3. The third-order valence-corrected chi connectivity index (χ3v) is 3.51. The number of aryl methyl sites for hydroxylation is 1. The molecule has 2 heterocycles. The van der Waals surface area contributed by atoms with Crippen LogP contribution in [0, 0.1) is 0 Å². The molecule has 0 radical (unpaired) electrons. The molecule has 0 saturated heterocycles. The minimum Gasteiger partial charge on any atom is -0.476 e. The number of carboxylic acid groups (broad SMARTS) is 1. The van der Waals surface area contributed by atoms with Crippen molar-refractivity contribution in [2.75, 3.05) is 0 Å². The Morgan fingerprint density at radius 3 is 2.88 bits per heavy atom. The summed E-state index contributed by atoms with van der Waals surface area (Å²) in [4.78, 5) is 11.8. The van der Waals surface area contributed by atoms with Crippen molar-refractivity contribution in [1.82, 2.24) is 9.78 Å². The Bertz CT molecular complexity index is 547. The third-order valence-electron chi connectivity index (χ3n) is 2.26. The van der Waals surface area contributed by atoms with Gasteiger partial charge in [0.1, 0.15) is 0 Å². The van der Waals surface area contributed by atoms with Crippen LogP contribution >= 0.6 is 22.9 Å². The first-order valence-electron chi connectivity index (χ1n) is 5.18. The highest BCUT2D eigenvalue weighted by atomic mass is 35.5. The monoisotopic (exact) mass is 270 g/mol. The van der Waals surface area contributed by atoms with Crippen LogP contribution in [0.2, 0.25) is 4.34 Å². The second-order valence-corrected chi connectivity index (χ2v) is 5.26. The molecule has 0 aromatic carbocycles. The molecule has 0 aliphatic carbocycles. The van der Waals surface area contributed by atoms with Crippen LogP contribution in [-0.4, -0.2) is 20.9 Å². The summed E-state index contributed by atoms with van der Waals surface area (Å²) in [6, 6.07) is 5.26. The Morgan fingerprint density at radius 1 is 1.59 bits per heavy atom. The van der Waals surface area contributed by atoms with E-state index in [1.807, 2.05) is 13.0 Å². The van der Waals surface area contributed by atoms with Gasteiger partial charge in [0, 0.05) is 6.54 Å². The first-order valence-corrected chi connectivity index (χ1v) is 6.38. The standard InChI is InChI=1S/C11H11ClN2O2S/c1-2-5-14-8(6-7(13-14)11(15)16)9-3-4-10(12)17-9/h3-4,6H,2,5H2,1H3,(H,15,16). The number of carboxylic acids is 1. The van der Waals surface area contributed by atoms with Gasteiger partial charge in [0.15, 0.2) is 5.69 Å². The molecule has 17 heavy (non-hydrogen) atoms. The minimum absolute atomic E-state index is 0.0676. The van der Waals surface area contributed by atoms with Crippen LogP contribution in [0.15, 0.2) is 18.2 Å². The first-order chi connectivity index (χ1) is 8.11. The quantitative estimate of drug-likeness (QED) is 0.927. The fraction of sp³-hybridized carbons (Fsp3) is 0.273. The predicted molar refractivity (Wildman–Crippen MR) is 67.8 cm³/mol. The molecule has 0 saturated carbocycles. The van der Waals surface area contributed by atoms with Gasteiger partial charge in [-0.05, 0) is 24.6 Å². The Labute approximate surface area is 107 Å². The van der Waals surface area contributed by atoms with Gasteiger partial charge in [-0.1, -0.05) is 18.5 Å². The summed E-state index contributed by atoms with van der Waals surface area (Å²) in [5.41, 5.74) is 0.874. The zero-order chi connectivity index (χ0) is 12.4. The van der Waals surface area contributed by atoms with E-state index in [4.69, 9.17) is 16.7 Å². The second-order valence-electron chi connectivity index (χ2n) is 3.55. The fourth-order valence-electron chi connectivity index (χ4n) is 1.55. The molecule has 0 aliphatic heterocycles. The van der Waals surface area contributed by atoms with Gasteiger partial charge in [0.25, 0.3) is 0 Å². The van der Waals surface area contributed by atoms with Crippen molar-refractivity contribution in [3.05, 3.63) is 28.2 Å². The Hall–Kier alpha value is -1.33. The van der Waals surface area contributed by atoms with Crippen molar-refractivity contribution >= 4 is 28.9 Å². The van der Waals surface area contributed by atoms with Crippen LogP contribution in [0.25, 0.3) is 10.6 Å². The summed E-state index contributed by atoms with van der Waals surface area (Å²) in [5.74, 6) is -1.01. The molecule has 6 heteroatoms. The van der Waals surface area contributed by atoms with Crippen molar-refractivity contribution in [2.24, 2.45) is 0 Å². The Balaban J connectivity index is 2.47. The number of nitrogens with zero attached hydrogens (tertiary/aromatic N) is 2. The van der Waals surface area contributed by atoms with Crippen LogP contribution in [0.5, 0.6) is 0 Å². The Kier molecular flexibility index (Phi) is 3.49. The van der Waals surface area contributed by atoms with Crippen molar-refractivity contribution in [3.8, 4) is 10.6 Å². The lowest BCUT2D eigenvalue weighted by Crippen LogP contribution is -2.03. The lowest BCUT2D eigenvalue weighted by Gasteiger charge is -2.02. The van der Waals surface area contributed by atoms with Crippen LogP contribution in [-0.2, 0) is 6.54 Å². The number of hydrogen-bond donors (Lipinski definition) is 1. The summed E-state index contributed by atoms with van der Waals surface area (Å²) in [5, 5.41) is 13.0. The van der Waals surface area contributed by atoms with Gasteiger partial charge in [-0.2, -0.15) is 5.10 Å². The Morgan fingerprint density at radius 2 is 2.35 bits per heavy atom. The molecule has 0 bridgehead atoms. The summed E-state index contributed by atoms with van der Waals surface area (Å²) in [7, 11) is 0. The predicted octanol–water partition coefficient (Wildman–Crippen LogP) is 3.37. The maximum atomic E-state index is 10.9. The van der Waals surface area contributed by atoms with Gasteiger partial charge in [-0.25, -0.2) is 4.79 Å². The van der Waals surface area contributed by atoms with Crippen LogP contribution in [0.1, 0.15) is 23.8 Å². The third kappa shape index (κ3) is 2.50. The van der Waals surface area contributed by atoms with Crippen molar-refractivity contribution in [2.45, 2.75) is 19.9 Å². The van der Waals surface area contributed by atoms with E-state index >= 15 is 0 Å². The number of aromatic nitrogens is 2. The van der Waals surface area contributed by atoms with Crippen LogP contribution < -0.4 is 0 Å². The molecular formula is C11H11ClN2O2S. The fourth-order valence-corrected chi connectivity index (χ4v) is 2.62. The average Bonchev–Trinajstić information content (AvgIpc) is 2.85. The molecule has 4 nitrogen and oxygen atoms in total. The van der Waals surface area contributed by atoms with Crippen molar-refractivity contribution in [3.63, 3.8) is 0 Å². The molecule has 0 unspecified atom stereocenters. The van der Waals surface area contributed by atoms with Gasteiger partial charge in [0.05, 0.1) is 14.9 Å². The number of carbonyl (C=O) groups is 1. The number of halogens is 1. The molecule has 2 aromatic heterocycles. The molecule has 0 spiro atoms. The van der Waals surface area contributed by atoms with E-state index in [1.54, 1.807) is 16.8 Å². The van der Waals surface area contributed by atoms with E-state index < -0.39 is 5.97 Å². The van der Waals surface area contributed by atoms with E-state index in [0.29, 0.717) is 10.9 Å². The molecule has 0 atom stereocenters. The molecule has 0 fully saturated rings. The highest BCUT2D eigenvalue weighted by Gasteiger charge is 2.15. The average molecular weight is 271 g/mol. The highest BCUT2D eigenvalue weighted by Crippen LogP contribution is 2.31. The van der Waals surface area contributed by atoms with Gasteiger partial charge < -0.3 is 5.11 Å². The molecule has 0 aliphatic rings. The summed E-state index contributed by atoms with van der Waals surface area (Å²) in [6.07, 6.45) is 0.896. The number of hydrogen-bond acceptors (Lipinski definition) is 3. The maximum absolute atomic E-state index is 10.9. The topological polar surface area (TPSA) is 55.1 Å². The molecular weight excluding hydrogens is 260 g/mol. The molecule has 2 rings (SSSR count). The maximum Gasteiger partial charge on any atom is 0.356 e. The SMILES string of the molecule is CCCn1nc(C(=O)O)cc1-c1ccc(Cl)s1. The van der Waals surface area contributed by atoms with Gasteiger partial charge in [-0.3, -0.25) is 4.68 Å². The second kappa shape index (κ2) is 4.89. The van der Waals surface area contributed by atoms with Crippen LogP contribution in [0.3, 0.4) is 0 Å². The van der Waals surface area contributed by atoms with Crippen molar-refractivity contribution in [1.29, 1.82) is 0 Å². The van der Waals surface area contributed by atoms with Crippen LogP contribution in [0.4, 0.5) is 0 Å². The zero-order valence-corrected chi connectivity index (χ0v) is 10.8. The largest absolute Gasteiger partial charge is 0.476 e. The molecule has 90 valence electrons. The van der Waals surface area contributed by atoms with Gasteiger partial charge in [-0.15, -0.1) is 11.3 Å². The number of aromatic carboxylic acids is 1. The summed E-state index contributed by atoms with van der Waals surface area (Å²) in [6.45, 7) is 2.71. The summed E-state index contributed by atoms with van der Waals surface area (Å²) < 4.78 is 2.40. The molecule has 1 N–H and O–H groups in total. The molecule has 0 amide bonds. The smallest absolute Gasteiger partial charge is 0.356 e. The van der Waals surface area contributed by atoms with E-state index in [0.717, 1.165) is 17.0 Å². The normalized spacial score (nSPS) is 10.7. The highest BCUT2D eigenvalue weighted by molar-refractivity contribution is 7.19. The zero-order valence-electron chi connectivity index (χ0n) is 9.18. The summed E-state index contributed by atoms with van der Waals surface area (Å²) >= 11 is 7.30. The first kappa shape index (κ1) is 12.1. The van der Waals surface area contributed by atoms with Gasteiger partial charge in [0.2, 0.25) is 0 Å². The van der Waals surface area contributed by atoms with E-state index in [2.05, 4.69) is 5.10 Å². The molecule has 2 aromatic rings. The van der Waals surface area contributed by atoms with Crippen molar-refractivity contribution < 1.29 is 9.90 Å². The van der Waals surface area contributed by atoms with Gasteiger partial charge >= 0.3 is 5.97 Å². The van der Waals surface area contributed by atoms with E-state index in [-0.39, 0.29) is 5.69 Å². The van der Waals surface area contributed by atoms with E-state index in [9.17, 15) is 4.79 Å². The number of thiophene rings is 1.